The number of benzene rings is 1. The number of aliphatic imine (C=N–C) groups is 1. The second-order valence-electron chi connectivity index (χ2n) is 6.14. The van der Waals surface area contributed by atoms with Gasteiger partial charge in [0.25, 0.3) is 0 Å². The Morgan fingerprint density at radius 3 is 2.65 bits per heavy atom. The summed E-state index contributed by atoms with van der Waals surface area (Å²) in [5.74, 6) is 1.53. The minimum atomic E-state index is -0.00631. The molecule has 1 atom stereocenters. The van der Waals surface area contributed by atoms with Gasteiger partial charge in [0.1, 0.15) is 0 Å². The third kappa shape index (κ3) is 4.39. The molecule has 3 rings (SSSR count). The first-order valence-electron chi connectivity index (χ1n) is 8.75. The lowest BCUT2D eigenvalue weighted by Gasteiger charge is -2.16. The van der Waals surface area contributed by atoms with Gasteiger partial charge in [0.05, 0.1) is 13.2 Å². The summed E-state index contributed by atoms with van der Waals surface area (Å²) in [5, 5.41) is 8.79. The second kappa shape index (κ2) is 8.47. The fraction of sp³-hybridized carbons (Fsp3) is 0.350. The molecule has 1 aliphatic carbocycles. The van der Waals surface area contributed by atoms with E-state index in [0.717, 1.165) is 30.5 Å². The van der Waals surface area contributed by atoms with Crippen LogP contribution in [0.25, 0.3) is 11.4 Å². The van der Waals surface area contributed by atoms with Crippen molar-refractivity contribution in [3.05, 3.63) is 48.0 Å². The van der Waals surface area contributed by atoms with Gasteiger partial charge in [-0.3, -0.25) is 4.99 Å². The van der Waals surface area contributed by atoms with Crippen LogP contribution in [0.1, 0.15) is 26.2 Å². The third-order valence-electron chi connectivity index (χ3n) is 4.34. The van der Waals surface area contributed by atoms with Gasteiger partial charge in [-0.15, -0.1) is 5.11 Å². The highest BCUT2D eigenvalue weighted by atomic mass is 16.5. The Labute approximate surface area is 153 Å². The topological polar surface area (TPSA) is 72.1 Å². The van der Waals surface area contributed by atoms with E-state index in [2.05, 4.69) is 31.3 Å². The number of methoxy groups -OCH3 is 1. The van der Waals surface area contributed by atoms with Crippen LogP contribution in [0.4, 0.5) is 5.82 Å². The Morgan fingerprint density at radius 2 is 1.92 bits per heavy atom. The van der Waals surface area contributed by atoms with Crippen LogP contribution in [0.15, 0.2) is 63.3 Å². The molecule has 2 aromatic rings. The largest absolute Gasteiger partial charge is 0.481 e. The first-order chi connectivity index (χ1) is 12.7. The summed E-state index contributed by atoms with van der Waals surface area (Å²) in [6, 6.07) is 11.4. The second-order valence-corrected chi connectivity index (χ2v) is 6.14. The van der Waals surface area contributed by atoms with Crippen molar-refractivity contribution in [3.63, 3.8) is 0 Å². The van der Waals surface area contributed by atoms with E-state index in [-0.39, 0.29) is 6.04 Å². The molecule has 0 amide bonds. The SMILES string of the molecule is CN=C1C=C(C(C)N=Nc2cc(OC)nc(-c3ccccc3)n2)CCC1. The molecular formula is C20H23N5O. The zero-order chi connectivity index (χ0) is 18.4. The predicted molar refractivity (Wildman–Crippen MR) is 103 cm³/mol. The van der Waals surface area contributed by atoms with Crippen LogP contribution >= 0.6 is 0 Å². The van der Waals surface area contributed by atoms with Crippen molar-refractivity contribution in [2.45, 2.75) is 32.2 Å². The van der Waals surface area contributed by atoms with Crippen LogP contribution in [0.5, 0.6) is 5.88 Å². The van der Waals surface area contributed by atoms with E-state index in [0.29, 0.717) is 17.5 Å². The Balaban J connectivity index is 1.85. The Hall–Kier alpha value is -2.89. The summed E-state index contributed by atoms with van der Waals surface area (Å²) in [7, 11) is 3.42. The average molecular weight is 349 g/mol. The zero-order valence-corrected chi connectivity index (χ0v) is 15.4. The van der Waals surface area contributed by atoms with Gasteiger partial charge in [-0.1, -0.05) is 30.3 Å². The van der Waals surface area contributed by atoms with E-state index < -0.39 is 0 Å². The van der Waals surface area contributed by atoms with Crippen molar-refractivity contribution < 1.29 is 4.74 Å². The number of hydrogen-bond acceptors (Lipinski definition) is 6. The molecule has 0 fully saturated rings. The maximum atomic E-state index is 5.29. The number of rotatable bonds is 5. The molecule has 6 heteroatoms. The van der Waals surface area contributed by atoms with Gasteiger partial charge in [-0.25, -0.2) is 4.98 Å². The first-order valence-corrected chi connectivity index (χ1v) is 8.75. The number of hydrogen-bond donors (Lipinski definition) is 0. The van der Waals surface area contributed by atoms with Crippen LogP contribution in [0, 0.1) is 0 Å². The molecule has 26 heavy (non-hydrogen) atoms. The summed E-state index contributed by atoms with van der Waals surface area (Å²) in [6.45, 7) is 2.05. The fourth-order valence-corrected chi connectivity index (χ4v) is 2.84. The van der Waals surface area contributed by atoms with Crippen molar-refractivity contribution in [1.29, 1.82) is 0 Å². The summed E-state index contributed by atoms with van der Waals surface area (Å²) < 4.78 is 5.29. The minimum Gasteiger partial charge on any atom is -0.481 e. The molecule has 0 radical (unpaired) electrons. The van der Waals surface area contributed by atoms with E-state index in [1.165, 1.54) is 5.57 Å². The van der Waals surface area contributed by atoms with Crippen molar-refractivity contribution >= 4 is 11.5 Å². The number of ether oxygens (including phenoxy) is 1. The maximum Gasteiger partial charge on any atom is 0.218 e. The minimum absolute atomic E-state index is 0.00631. The molecule has 0 aliphatic heterocycles. The Bertz CT molecular complexity index is 843. The molecule has 0 saturated carbocycles. The molecule has 0 spiro atoms. The Morgan fingerprint density at radius 1 is 1.12 bits per heavy atom. The molecule has 1 aromatic carbocycles. The quantitative estimate of drug-likeness (QED) is 0.727. The Kier molecular flexibility index (Phi) is 5.84. The smallest absolute Gasteiger partial charge is 0.218 e. The number of allylic oxidation sites excluding steroid dienone is 1. The highest BCUT2D eigenvalue weighted by Gasteiger charge is 2.14. The normalized spacial score (nSPS) is 17.3. The van der Waals surface area contributed by atoms with Gasteiger partial charge in [0, 0.05) is 24.4 Å². The molecule has 1 aliphatic rings. The van der Waals surface area contributed by atoms with E-state index in [9.17, 15) is 0 Å². The van der Waals surface area contributed by atoms with Gasteiger partial charge >= 0.3 is 0 Å². The summed E-state index contributed by atoms with van der Waals surface area (Å²) in [6.07, 6.45) is 5.32. The maximum absolute atomic E-state index is 5.29. The van der Waals surface area contributed by atoms with Crippen LogP contribution in [0.2, 0.25) is 0 Å². The summed E-state index contributed by atoms with van der Waals surface area (Å²) >= 11 is 0. The van der Waals surface area contributed by atoms with Gasteiger partial charge < -0.3 is 4.74 Å². The van der Waals surface area contributed by atoms with E-state index in [1.807, 2.05) is 44.3 Å². The molecule has 1 aromatic heterocycles. The first kappa shape index (κ1) is 17.9. The lowest BCUT2D eigenvalue weighted by Crippen LogP contribution is -2.11. The van der Waals surface area contributed by atoms with E-state index in [1.54, 1.807) is 13.2 Å². The summed E-state index contributed by atoms with van der Waals surface area (Å²) in [4.78, 5) is 13.2. The van der Waals surface area contributed by atoms with E-state index in [4.69, 9.17) is 4.74 Å². The molecule has 1 unspecified atom stereocenters. The summed E-state index contributed by atoms with van der Waals surface area (Å²) in [5.41, 5.74) is 3.29. The molecule has 1 heterocycles. The van der Waals surface area contributed by atoms with Crippen molar-refractivity contribution in [1.82, 2.24) is 9.97 Å². The molecule has 134 valence electrons. The van der Waals surface area contributed by atoms with Crippen molar-refractivity contribution in [3.8, 4) is 17.3 Å². The van der Waals surface area contributed by atoms with Crippen LogP contribution in [-0.2, 0) is 0 Å². The number of azo groups is 1. The highest BCUT2D eigenvalue weighted by Crippen LogP contribution is 2.25. The zero-order valence-electron chi connectivity index (χ0n) is 15.4. The number of aromatic nitrogens is 2. The molecule has 0 saturated heterocycles. The molecule has 6 nitrogen and oxygen atoms in total. The predicted octanol–water partition coefficient (Wildman–Crippen LogP) is 4.81. The van der Waals surface area contributed by atoms with E-state index >= 15 is 0 Å². The van der Waals surface area contributed by atoms with Crippen LogP contribution in [0.3, 0.4) is 0 Å². The average Bonchev–Trinajstić information content (AvgIpc) is 2.72. The highest BCUT2D eigenvalue weighted by molar-refractivity contribution is 5.96. The van der Waals surface area contributed by atoms with Crippen molar-refractivity contribution in [2.24, 2.45) is 15.2 Å². The number of nitrogens with zero attached hydrogens (tertiary/aromatic N) is 5. The van der Waals surface area contributed by atoms with Gasteiger partial charge in [0.2, 0.25) is 5.88 Å². The molecule has 0 N–H and O–H groups in total. The standard InChI is InChI=1S/C20H23N5O/c1-14(16-10-7-11-17(12-16)21-2)24-25-18-13-19(26-3)23-20(22-18)15-8-5-4-6-9-15/h4-6,8-9,12-14H,7,10-11H2,1-3H3. The molecular weight excluding hydrogens is 326 g/mol. The van der Waals surface area contributed by atoms with Gasteiger partial charge in [-0.2, -0.15) is 10.1 Å². The van der Waals surface area contributed by atoms with Crippen LogP contribution < -0.4 is 4.74 Å². The van der Waals surface area contributed by atoms with Crippen LogP contribution in [-0.4, -0.2) is 35.9 Å². The van der Waals surface area contributed by atoms with Gasteiger partial charge in [0.15, 0.2) is 11.6 Å². The fourth-order valence-electron chi connectivity index (χ4n) is 2.84. The monoisotopic (exact) mass is 349 g/mol. The molecule has 0 bridgehead atoms. The lowest BCUT2D eigenvalue weighted by atomic mass is 9.94. The van der Waals surface area contributed by atoms with Gasteiger partial charge in [-0.05, 0) is 37.8 Å². The lowest BCUT2D eigenvalue weighted by molar-refractivity contribution is 0.397. The third-order valence-corrected chi connectivity index (χ3v) is 4.34. The van der Waals surface area contributed by atoms with Crippen molar-refractivity contribution in [2.75, 3.05) is 14.2 Å².